The van der Waals surface area contributed by atoms with Crippen LogP contribution < -0.4 is 22.9 Å². The van der Waals surface area contributed by atoms with Gasteiger partial charge < -0.3 is 22.9 Å². The zero-order valence-corrected chi connectivity index (χ0v) is 17.1. The number of hydrogen-bond donors (Lipinski definition) is 4. The van der Waals surface area contributed by atoms with Gasteiger partial charge in [0.05, 0.1) is 0 Å². The molecule has 0 spiro atoms. The van der Waals surface area contributed by atoms with Gasteiger partial charge in [0, 0.05) is 33.5 Å². The lowest BCUT2D eigenvalue weighted by atomic mass is 9.98. The zero-order valence-electron chi connectivity index (χ0n) is 17.1. The summed E-state index contributed by atoms with van der Waals surface area (Å²) in [7, 11) is 0. The first-order valence-electron chi connectivity index (χ1n) is 9.43. The smallest absolute Gasteiger partial charge is 0.0427 e. The van der Waals surface area contributed by atoms with E-state index in [1.54, 1.807) is 0 Å². The molecule has 0 saturated heterocycles. The highest BCUT2D eigenvalue weighted by Crippen LogP contribution is 2.33. The molecule has 3 aromatic carbocycles. The molecule has 0 aliphatic heterocycles. The van der Waals surface area contributed by atoms with Crippen LogP contribution in [0.15, 0.2) is 30.3 Å². The van der Waals surface area contributed by atoms with Crippen LogP contribution in [0.5, 0.6) is 0 Å². The second kappa shape index (κ2) is 8.21. The fraction of sp³-hybridized carbons (Fsp3) is 0.304. The van der Waals surface area contributed by atoms with Gasteiger partial charge in [-0.2, -0.15) is 0 Å². The average molecular weight is 365 g/mol. The molecule has 0 heterocycles. The van der Waals surface area contributed by atoms with Crippen molar-refractivity contribution in [3.63, 3.8) is 0 Å². The van der Waals surface area contributed by atoms with E-state index in [2.05, 4.69) is 19.9 Å². The van der Waals surface area contributed by atoms with Gasteiger partial charge in [0.2, 0.25) is 0 Å². The Hall–Kier alpha value is -2.88. The van der Waals surface area contributed by atoms with Gasteiger partial charge in [-0.25, -0.2) is 0 Å². The molecule has 144 valence electrons. The Kier molecular flexibility index (Phi) is 6.21. The fourth-order valence-electron chi connectivity index (χ4n) is 3.34. The van der Waals surface area contributed by atoms with Crippen molar-refractivity contribution >= 4 is 33.5 Å². The van der Waals surface area contributed by atoms with Gasteiger partial charge in [-0.15, -0.1) is 0 Å². The molecule has 0 aliphatic carbocycles. The number of nitrogen functional groups attached to an aromatic ring is 4. The number of benzene rings is 3. The highest BCUT2D eigenvalue weighted by atomic mass is 14.6. The van der Waals surface area contributed by atoms with E-state index in [1.807, 2.05) is 45.0 Å². The number of hydrogen-bond acceptors (Lipinski definition) is 4. The van der Waals surface area contributed by atoms with Gasteiger partial charge in [0.15, 0.2) is 0 Å². The minimum Gasteiger partial charge on any atom is -0.398 e. The van der Waals surface area contributed by atoms with Gasteiger partial charge >= 0.3 is 0 Å². The van der Waals surface area contributed by atoms with Gasteiger partial charge in [-0.05, 0) is 61.4 Å². The van der Waals surface area contributed by atoms with Crippen molar-refractivity contribution in [1.82, 2.24) is 0 Å². The van der Waals surface area contributed by atoms with Crippen molar-refractivity contribution in [3.05, 3.63) is 58.1 Å². The van der Waals surface area contributed by atoms with Crippen molar-refractivity contribution in [2.24, 2.45) is 0 Å². The van der Waals surface area contributed by atoms with Crippen LogP contribution >= 0.6 is 0 Å². The molecule has 3 rings (SSSR count). The quantitative estimate of drug-likeness (QED) is 0.485. The number of aryl methyl sites for hydroxylation is 2. The van der Waals surface area contributed by atoms with Crippen molar-refractivity contribution in [2.75, 3.05) is 22.9 Å². The lowest BCUT2D eigenvalue weighted by molar-refractivity contribution is 1.08. The molecule has 0 atom stereocenters. The standard InChI is InChI=1S/C12H14N2.C11H18N2/c1-7-8(2)12(14)10-6-4-3-5-9(10)11(7)13;1-4-8-6-9(5-2)11(13)7(3)10(8)12/h3-6H,13-14H2,1-2H3;6H,4-5,12-13H2,1-3H3. The Morgan fingerprint density at radius 1 is 0.593 bits per heavy atom. The minimum atomic E-state index is 0.840. The Morgan fingerprint density at radius 3 is 1.30 bits per heavy atom. The first-order valence-corrected chi connectivity index (χ1v) is 9.43. The Morgan fingerprint density at radius 2 is 0.963 bits per heavy atom. The highest BCUT2D eigenvalue weighted by Gasteiger charge is 2.09. The largest absolute Gasteiger partial charge is 0.398 e. The van der Waals surface area contributed by atoms with E-state index < -0.39 is 0 Å². The Bertz CT molecular complexity index is 900. The summed E-state index contributed by atoms with van der Waals surface area (Å²) in [5.41, 5.74) is 33.0. The second-order valence-corrected chi connectivity index (χ2v) is 6.98. The van der Waals surface area contributed by atoms with Gasteiger partial charge in [0.1, 0.15) is 0 Å². The third-order valence-electron chi connectivity index (χ3n) is 5.49. The summed E-state index contributed by atoms with van der Waals surface area (Å²) in [4.78, 5) is 0. The molecule has 0 saturated carbocycles. The first kappa shape index (κ1) is 20.4. The number of fused-ring (bicyclic) bond motifs is 1. The fourth-order valence-corrected chi connectivity index (χ4v) is 3.34. The van der Waals surface area contributed by atoms with E-state index in [1.165, 1.54) is 11.1 Å². The summed E-state index contributed by atoms with van der Waals surface area (Å²) < 4.78 is 0. The minimum absolute atomic E-state index is 0.840. The molecule has 4 heteroatoms. The summed E-state index contributed by atoms with van der Waals surface area (Å²) in [6.07, 6.45) is 1.94. The van der Waals surface area contributed by atoms with Crippen LogP contribution in [0.3, 0.4) is 0 Å². The summed E-state index contributed by atoms with van der Waals surface area (Å²) in [5.74, 6) is 0. The lowest BCUT2D eigenvalue weighted by Gasteiger charge is -2.13. The van der Waals surface area contributed by atoms with Crippen LogP contribution in [-0.4, -0.2) is 0 Å². The van der Waals surface area contributed by atoms with E-state index in [9.17, 15) is 0 Å². The zero-order chi connectivity index (χ0) is 20.3. The summed E-state index contributed by atoms with van der Waals surface area (Å²) in [5, 5.41) is 2.10. The third kappa shape index (κ3) is 3.80. The molecule has 27 heavy (non-hydrogen) atoms. The van der Waals surface area contributed by atoms with Crippen molar-refractivity contribution in [3.8, 4) is 0 Å². The second-order valence-electron chi connectivity index (χ2n) is 6.98. The van der Waals surface area contributed by atoms with E-state index in [-0.39, 0.29) is 0 Å². The molecule has 0 fully saturated rings. The summed E-state index contributed by atoms with van der Waals surface area (Å²) >= 11 is 0. The van der Waals surface area contributed by atoms with E-state index in [0.29, 0.717) is 0 Å². The summed E-state index contributed by atoms with van der Waals surface area (Å²) in [6.45, 7) is 10.2. The SMILES string of the molecule is CCc1cc(CC)c(N)c(C)c1N.Cc1c(C)c(N)c2ccccc2c1N. The average Bonchev–Trinajstić information content (AvgIpc) is 2.69. The molecule has 0 amide bonds. The van der Waals surface area contributed by atoms with Crippen LogP contribution in [-0.2, 0) is 12.8 Å². The maximum Gasteiger partial charge on any atom is 0.0427 e. The molecule has 8 N–H and O–H groups in total. The van der Waals surface area contributed by atoms with Gasteiger partial charge in [-0.1, -0.05) is 44.2 Å². The molecular formula is C23H32N4. The van der Waals surface area contributed by atoms with Crippen molar-refractivity contribution in [1.29, 1.82) is 0 Å². The van der Waals surface area contributed by atoms with E-state index in [0.717, 1.165) is 63.1 Å². The summed E-state index contributed by atoms with van der Waals surface area (Å²) in [6, 6.07) is 10.1. The number of anilines is 4. The Balaban J connectivity index is 0.000000194. The molecular weight excluding hydrogens is 332 g/mol. The molecule has 3 aromatic rings. The van der Waals surface area contributed by atoms with E-state index in [4.69, 9.17) is 22.9 Å². The molecule has 0 bridgehead atoms. The predicted molar refractivity (Wildman–Crippen MR) is 121 cm³/mol. The third-order valence-corrected chi connectivity index (χ3v) is 5.49. The van der Waals surface area contributed by atoms with Crippen LogP contribution in [0.25, 0.3) is 10.8 Å². The predicted octanol–water partition coefficient (Wildman–Crippen LogP) is 4.91. The molecule has 0 unspecified atom stereocenters. The Labute approximate surface area is 162 Å². The van der Waals surface area contributed by atoms with Gasteiger partial charge in [0.25, 0.3) is 0 Å². The maximum absolute atomic E-state index is 6.03. The molecule has 0 aliphatic rings. The van der Waals surface area contributed by atoms with E-state index >= 15 is 0 Å². The van der Waals surface area contributed by atoms with Crippen molar-refractivity contribution < 1.29 is 0 Å². The molecule has 0 radical (unpaired) electrons. The number of nitrogens with two attached hydrogens (primary N) is 4. The monoisotopic (exact) mass is 364 g/mol. The number of rotatable bonds is 2. The van der Waals surface area contributed by atoms with Crippen LogP contribution in [0.1, 0.15) is 41.7 Å². The lowest BCUT2D eigenvalue weighted by Crippen LogP contribution is -2.04. The van der Waals surface area contributed by atoms with Crippen molar-refractivity contribution in [2.45, 2.75) is 47.5 Å². The maximum atomic E-state index is 6.03. The normalized spacial score (nSPS) is 10.6. The topological polar surface area (TPSA) is 104 Å². The van der Waals surface area contributed by atoms with Crippen LogP contribution in [0, 0.1) is 20.8 Å². The van der Waals surface area contributed by atoms with Crippen LogP contribution in [0.2, 0.25) is 0 Å². The highest BCUT2D eigenvalue weighted by molar-refractivity contribution is 6.03. The van der Waals surface area contributed by atoms with Crippen LogP contribution in [0.4, 0.5) is 22.7 Å². The van der Waals surface area contributed by atoms with Gasteiger partial charge in [-0.3, -0.25) is 0 Å². The molecule has 0 aromatic heterocycles. The first-order chi connectivity index (χ1) is 12.7. The molecule has 4 nitrogen and oxygen atoms in total.